The highest BCUT2D eigenvalue weighted by Crippen LogP contribution is 2.54. The SMILES string of the molecule is CCCCc1ccc(C(OP(OCCC#N)N(C(C)C)C(C)C)c2ccc(CC)c(CC)c2[N+](=O)[O-])c([N+](=O)[O-])c1C. The summed E-state index contributed by atoms with van der Waals surface area (Å²) < 4.78 is 14.9. The summed E-state index contributed by atoms with van der Waals surface area (Å²) in [5.74, 6) is 0. The van der Waals surface area contributed by atoms with Crippen molar-refractivity contribution in [1.82, 2.24) is 4.67 Å². The zero-order valence-corrected chi connectivity index (χ0v) is 27.1. The summed E-state index contributed by atoms with van der Waals surface area (Å²) in [6.07, 6.45) is 2.53. The molecule has 0 aliphatic heterocycles. The summed E-state index contributed by atoms with van der Waals surface area (Å²) in [6, 6.07) is 9.09. The van der Waals surface area contributed by atoms with Gasteiger partial charge in [-0.3, -0.25) is 20.2 Å². The molecule has 2 unspecified atom stereocenters. The number of rotatable bonds is 17. The molecule has 0 spiro atoms. The molecular formula is C31H45N4O6P. The number of nitro groups is 2. The van der Waals surface area contributed by atoms with E-state index in [-0.39, 0.29) is 47.6 Å². The lowest BCUT2D eigenvalue weighted by Gasteiger charge is -2.37. The largest absolute Gasteiger partial charge is 0.321 e. The van der Waals surface area contributed by atoms with Crippen LogP contribution in [0.3, 0.4) is 0 Å². The molecule has 0 aromatic heterocycles. The number of hydrogen-bond donors (Lipinski definition) is 0. The average Bonchev–Trinajstić information content (AvgIpc) is 2.93. The Kier molecular flexibility index (Phi) is 13.9. The maximum absolute atomic E-state index is 12.7. The lowest BCUT2D eigenvalue weighted by Crippen LogP contribution is -2.34. The molecule has 0 saturated heterocycles. The number of nitro benzene ring substituents is 2. The van der Waals surface area contributed by atoms with E-state index in [0.717, 1.165) is 24.0 Å². The zero-order chi connectivity index (χ0) is 31.6. The predicted octanol–water partition coefficient (Wildman–Crippen LogP) is 8.66. The number of benzene rings is 2. The van der Waals surface area contributed by atoms with Crippen molar-refractivity contribution in [2.75, 3.05) is 6.61 Å². The molecule has 42 heavy (non-hydrogen) atoms. The highest BCUT2D eigenvalue weighted by Gasteiger charge is 2.38. The van der Waals surface area contributed by atoms with Crippen LogP contribution < -0.4 is 0 Å². The van der Waals surface area contributed by atoms with E-state index in [1.807, 2.05) is 58.3 Å². The molecule has 11 heteroatoms. The number of aryl methyl sites for hydroxylation is 2. The van der Waals surface area contributed by atoms with E-state index >= 15 is 0 Å². The van der Waals surface area contributed by atoms with Crippen LogP contribution in [-0.4, -0.2) is 33.2 Å². The number of hydrogen-bond acceptors (Lipinski definition) is 8. The monoisotopic (exact) mass is 600 g/mol. The van der Waals surface area contributed by atoms with Gasteiger partial charge in [-0.1, -0.05) is 39.3 Å². The van der Waals surface area contributed by atoms with E-state index in [1.54, 1.807) is 19.1 Å². The molecule has 0 heterocycles. The minimum atomic E-state index is -1.88. The number of nitrogens with zero attached hydrogens (tertiary/aromatic N) is 4. The molecule has 0 bridgehead atoms. The summed E-state index contributed by atoms with van der Waals surface area (Å²) in [4.78, 5) is 24.5. The fourth-order valence-electron chi connectivity index (χ4n) is 5.37. The van der Waals surface area contributed by atoms with Crippen molar-refractivity contribution in [3.8, 4) is 6.07 Å². The molecule has 2 rings (SSSR count). The van der Waals surface area contributed by atoms with Gasteiger partial charge >= 0.3 is 0 Å². The second-order valence-corrected chi connectivity index (χ2v) is 12.2. The molecular weight excluding hydrogens is 555 g/mol. The Labute approximate surface area is 251 Å². The fourth-order valence-corrected chi connectivity index (χ4v) is 7.08. The van der Waals surface area contributed by atoms with Gasteiger partial charge in [0.15, 0.2) is 0 Å². The van der Waals surface area contributed by atoms with Crippen LogP contribution in [0.1, 0.15) is 107 Å². The van der Waals surface area contributed by atoms with E-state index in [0.29, 0.717) is 30.4 Å². The maximum atomic E-state index is 12.7. The Bertz CT molecular complexity index is 1270. The first-order valence-electron chi connectivity index (χ1n) is 14.8. The van der Waals surface area contributed by atoms with Gasteiger partial charge in [0.2, 0.25) is 0 Å². The lowest BCUT2D eigenvalue weighted by atomic mass is 9.89. The number of nitriles is 1. The Morgan fingerprint density at radius 3 is 1.98 bits per heavy atom. The second kappa shape index (κ2) is 16.6. The molecule has 0 aliphatic carbocycles. The Morgan fingerprint density at radius 1 is 0.929 bits per heavy atom. The van der Waals surface area contributed by atoms with Gasteiger partial charge in [-0.25, -0.2) is 4.67 Å². The third-order valence-corrected chi connectivity index (χ3v) is 9.40. The minimum absolute atomic E-state index is 0.0318. The first kappa shape index (κ1) is 35.2. The standard InChI is InChI=1S/C31H45N4O6P/c1-9-12-14-25-16-18-27(29(23(25)8)34(36)37)31(28-17-15-24(10-2)26(11-3)30(28)35(38)39)41-42(40-20-13-19-32)33(21(4)5)22(6)7/h15-18,21-22,31H,9-14,20H2,1-8H3. The van der Waals surface area contributed by atoms with Crippen molar-refractivity contribution in [1.29, 1.82) is 5.26 Å². The van der Waals surface area contributed by atoms with Gasteiger partial charge in [0.05, 0.1) is 40.1 Å². The maximum Gasteiger partial charge on any atom is 0.278 e. The fraction of sp³-hybridized carbons (Fsp3) is 0.581. The highest BCUT2D eigenvalue weighted by atomic mass is 31.2. The quantitative estimate of drug-likeness (QED) is 0.0762. The molecule has 0 amide bonds. The van der Waals surface area contributed by atoms with Crippen LogP contribution in [0, 0.1) is 38.5 Å². The van der Waals surface area contributed by atoms with Crippen molar-refractivity contribution in [3.63, 3.8) is 0 Å². The molecule has 2 aromatic rings. The van der Waals surface area contributed by atoms with E-state index in [1.165, 1.54) is 0 Å². The van der Waals surface area contributed by atoms with Crippen molar-refractivity contribution < 1.29 is 18.9 Å². The summed E-state index contributed by atoms with van der Waals surface area (Å²) in [5.41, 5.74) is 3.15. The molecule has 10 nitrogen and oxygen atoms in total. The van der Waals surface area contributed by atoms with Gasteiger partial charge in [0, 0.05) is 23.2 Å². The first-order chi connectivity index (χ1) is 19.9. The summed E-state index contributed by atoms with van der Waals surface area (Å²) in [6.45, 7) is 15.7. The van der Waals surface area contributed by atoms with E-state index < -0.39 is 24.5 Å². The van der Waals surface area contributed by atoms with Crippen LogP contribution >= 0.6 is 8.53 Å². The predicted molar refractivity (Wildman–Crippen MR) is 166 cm³/mol. The smallest absolute Gasteiger partial charge is 0.278 e. The van der Waals surface area contributed by atoms with Gasteiger partial charge in [-0.15, -0.1) is 0 Å². The lowest BCUT2D eigenvalue weighted by molar-refractivity contribution is -0.388. The Morgan fingerprint density at radius 2 is 1.50 bits per heavy atom. The topological polar surface area (TPSA) is 132 Å². The normalized spacial score (nSPS) is 13.0. The van der Waals surface area contributed by atoms with Crippen LogP contribution in [0.15, 0.2) is 24.3 Å². The Balaban J connectivity index is 2.96. The van der Waals surface area contributed by atoms with Crippen LogP contribution in [-0.2, 0) is 28.3 Å². The Hall–Kier alpha value is -2.96. The third-order valence-electron chi connectivity index (χ3n) is 7.31. The van der Waals surface area contributed by atoms with Crippen LogP contribution in [0.5, 0.6) is 0 Å². The molecule has 0 aliphatic rings. The second-order valence-electron chi connectivity index (χ2n) is 10.8. The summed E-state index contributed by atoms with van der Waals surface area (Å²) in [5, 5.41) is 34.5. The molecule has 2 atom stereocenters. The zero-order valence-electron chi connectivity index (χ0n) is 26.2. The van der Waals surface area contributed by atoms with Crippen LogP contribution in [0.25, 0.3) is 0 Å². The third kappa shape index (κ3) is 8.32. The van der Waals surface area contributed by atoms with E-state index in [2.05, 4.69) is 13.0 Å². The van der Waals surface area contributed by atoms with Gasteiger partial charge in [-0.05, 0) is 83.6 Å². The van der Waals surface area contributed by atoms with E-state index in [9.17, 15) is 20.2 Å². The van der Waals surface area contributed by atoms with E-state index in [4.69, 9.17) is 14.3 Å². The van der Waals surface area contributed by atoms with Crippen molar-refractivity contribution in [3.05, 3.63) is 77.9 Å². The molecule has 0 radical (unpaired) electrons. The summed E-state index contributed by atoms with van der Waals surface area (Å²) >= 11 is 0. The molecule has 230 valence electrons. The van der Waals surface area contributed by atoms with Crippen molar-refractivity contribution in [2.45, 2.75) is 112 Å². The van der Waals surface area contributed by atoms with Gasteiger partial charge in [-0.2, -0.15) is 5.26 Å². The van der Waals surface area contributed by atoms with Crippen LogP contribution in [0.4, 0.5) is 11.4 Å². The number of unbranched alkanes of at least 4 members (excludes halogenated alkanes) is 1. The first-order valence-corrected chi connectivity index (χ1v) is 15.9. The molecule has 0 N–H and O–H groups in total. The van der Waals surface area contributed by atoms with Crippen LogP contribution in [0.2, 0.25) is 0 Å². The van der Waals surface area contributed by atoms with Gasteiger partial charge < -0.3 is 9.05 Å². The van der Waals surface area contributed by atoms with Gasteiger partial charge in [0.1, 0.15) is 6.10 Å². The molecule has 0 fully saturated rings. The van der Waals surface area contributed by atoms with Crippen molar-refractivity contribution in [2.24, 2.45) is 0 Å². The molecule has 0 saturated carbocycles. The van der Waals surface area contributed by atoms with Crippen molar-refractivity contribution >= 4 is 19.9 Å². The molecule has 2 aromatic carbocycles. The summed E-state index contributed by atoms with van der Waals surface area (Å²) in [7, 11) is -1.88. The highest BCUT2D eigenvalue weighted by molar-refractivity contribution is 7.44. The van der Waals surface area contributed by atoms with Gasteiger partial charge in [0.25, 0.3) is 19.9 Å². The average molecular weight is 601 g/mol. The minimum Gasteiger partial charge on any atom is -0.321 e.